The van der Waals surface area contributed by atoms with Crippen molar-refractivity contribution in [3.8, 4) is 5.69 Å². The van der Waals surface area contributed by atoms with Crippen molar-refractivity contribution in [2.24, 2.45) is 0 Å². The molecule has 0 fully saturated rings. The van der Waals surface area contributed by atoms with E-state index in [1.54, 1.807) is 35.0 Å². The molecule has 7 nitrogen and oxygen atoms in total. The summed E-state index contributed by atoms with van der Waals surface area (Å²) in [5, 5.41) is 7.77. The minimum absolute atomic E-state index is 0.287. The Kier molecular flexibility index (Phi) is 4.29. The van der Waals surface area contributed by atoms with Crippen molar-refractivity contribution in [1.29, 1.82) is 0 Å². The number of carbonyl (C=O) groups is 1. The van der Waals surface area contributed by atoms with E-state index in [-0.39, 0.29) is 5.91 Å². The van der Waals surface area contributed by atoms with Gasteiger partial charge in [-0.3, -0.25) is 9.78 Å². The second-order valence-corrected chi connectivity index (χ2v) is 6.37. The Morgan fingerprint density at radius 3 is 2.93 bits per heavy atom. The number of aromatic nitrogens is 3. The van der Waals surface area contributed by atoms with E-state index >= 15 is 0 Å². The predicted octanol–water partition coefficient (Wildman–Crippen LogP) is 3.77. The van der Waals surface area contributed by atoms with Crippen LogP contribution < -0.4 is 11.1 Å². The maximum absolute atomic E-state index is 12.8. The third kappa shape index (κ3) is 3.24. The predicted molar refractivity (Wildman–Crippen MR) is 103 cm³/mol. The van der Waals surface area contributed by atoms with Crippen molar-refractivity contribution < 1.29 is 9.21 Å². The Morgan fingerprint density at radius 2 is 2.15 bits per heavy atom. The van der Waals surface area contributed by atoms with Gasteiger partial charge in [-0.15, -0.1) is 0 Å². The molecule has 0 spiro atoms. The Labute approximate surface area is 158 Å². The van der Waals surface area contributed by atoms with Crippen LogP contribution >= 0.6 is 11.6 Å². The van der Waals surface area contributed by atoms with Gasteiger partial charge in [-0.2, -0.15) is 5.10 Å². The van der Waals surface area contributed by atoms with E-state index < -0.39 is 5.76 Å². The lowest BCUT2D eigenvalue weighted by atomic mass is 10.1. The van der Waals surface area contributed by atoms with Crippen molar-refractivity contribution in [1.82, 2.24) is 14.8 Å². The van der Waals surface area contributed by atoms with Crippen LogP contribution in [-0.2, 0) is 6.42 Å². The van der Waals surface area contributed by atoms with E-state index in [0.29, 0.717) is 33.8 Å². The average molecular weight is 383 g/mol. The lowest BCUT2D eigenvalue weighted by molar-refractivity contribution is 0.102. The van der Waals surface area contributed by atoms with Crippen LogP contribution in [0.4, 0.5) is 5.69 Å². The van der Waals surface area contributed by atoms with Gasteiger partial charge in [0.25, 0.3) is 5.91 Å². The third-order valence-corrected chi connectivity index (χ3v) is 4.41. The SMILES string of the molecule is CCc1c(C(=O)Nc2ccc3oc(=O)[nH]c3c2)cnn1-c1cccc(Cl)c1. The standard InChI is InChI=1S/C19H15ClN4O3/c1-2-16-14(10-21-24(16)13-5-3-4-11(20)8-13)18(25)22-12-6-7-17-15(9-12)23-19(26)27-17/h3-10H,2H2,1H3,(H,22,25)(H,23,26). The molecule has 27 heavy (non-hydrogen) atoms. The van der Waals surface area contributed by atoms with Gasteiger partial charge < -0.3 is 9.73 Å². The highest BCUT2D eigenvalue weighted by molar-refractivity contribution is 6.30. The fourth-order valence-corrected chi connectivity index (χ4v) is 3.15. The van der Waals surface area contributed by atoms with Crippen LogP contribution in [0.2, 0.25) is 5.02 Å². The molecule has 136 valence electrons. The van der Waals surface area contributed by atoms with Gasteiger partial charge in [-0.1, -0.05) is 24.6 Å². The summed E-state index contributed by atoms with van der Waals surface area (Å²) in [6.07, 6.45) is 2.15. The highest BCUT2D eigenvalue weighted by Crippen LogP contribution is 2.21. The largest absolute Gasteiger partial charge is 0.417 e. The molecule has 4 aromatic rings. The highest BCUT2D eigenvalue weighted by Gasteiger charge is 2.18. The first kappa shape index (κ1) is 17.1. The van der Waals surface area contributed by atoms with Crippen LogP contribution in [0.25, 0.3) is 16.8 Å². The molecule has 4 rings (SSSR count). The van der Waals surface area contributed by atoms with Crippen LogP contribution in [0.15, 0.2) is 57.9 Å². The number of benzene rings is 2. The maximum Gasteiger partial charge on any atom is 0.417 e. The number of H-pyrrole nitrogens is 1. The Bertz CT molecular complexity index is 1210. The lowest BCUT2D eigenvalue weighted by Gasteiger charge is -2.09. The zero-order valence-electron chi connectivity index (χ0n) is 14.3. The van der Waals surface area contributed by atoms with Gasteiger partial charge in [0.15, 0.2) is 5.58 Å². The van der Waals surface area contributed by atoms with E-state index in [9.17, 15) is 9.59 Å². The molecule has 0 aliphatic carbocycles. The summed E-state index contributed by atoms with van der Waals surface area (Å²) in [5.74, 6) is -0.824. The van der Waals surface area contributed by atoms with Crippen molar-refractivity contribution >= 4 is 34.3 Å². The molecule has 0 saturated carbocycles. The monoisotopic (exact) mass is 382 g/mol. The van der Waals surface area contributed by atoms with Gasteiger partial charge in [0.1, 0.15) is 0 Å². The average Bonchev–Trinajstić information content (AvgIpc) is 3.23. The number of rotatable bonds is 4. The molecule has 0 bridgehead atoms. The normalized spacial score (nSPS) is 11.0. The number of hydrogen-bond donors (Lipinski definition) is 2. The molecule has 2 aromatic carbocycles. The molecular formula is C19H15ClN4O3. The van der Waals surface area contributed by atoms with Crippen molar-refractivity contribution in [2.45, 2.75) is 13.3 Å². The number of carbonyl (C=O) groups excluding carboxylic acids is 1. The van der Waals surface area contributed by atoms with E-state index in [1.165, 1.54) is 6.20 Å². The molecule has 2 aromatic heterocycles. The summed E-state index contributed by atoms with van der Waals surface area (Å²) in [5.41, 5.74) is 3.52. The minimum atomic E-state index is -0.537. The number of anilines is 1. The second kappa shape index (κ2) is 6.77. The fraction of sp³-hybridized carbons (Fsp3) is 0.105. The molecule has 0 saturated heterocycles. The molecule has 2 heterocycles. The van der Waals surface area contributed by atoms with Crippen molar-refractivity contribution in [3.63, 3.8) is 0 Å². The fourth-order valence-electron chi connectivity index (χ4n) is 2.96. The van der Waals surface area contributed by atoms with Gasteiger partial charge in [0, 0.05) is 10.7 Å². The number of hydrogen-bond acceptors (Lipinski definition) is 4. The van der Waals surface area contributed by atoms with E-state index in [2.05, 4.69) is 15.4 Å². The van der Waals surface area contributed by atoms with Crippen LogP contribution in [0.1, 0.15) is 23.0 Å². The van der Waals surface area contributed by atoms with Gasteiger partial charge in [0.2, 0.25) is 0 Å². The molecule has 1 amide bonds. The van der Waals surface area contributed by atoms with E-state index in [4.69, 9.17) is 16.0 Å². The van der Waals surface area contributed by atoms with Crippen LogP contribution in [0.5, 0.6) is 0 Å². The molecule has 0 aliphatic rings. The van der Waals surface area contributed by atoms with Crippen LogP contribution in [0, 0.1) is 0 Å². The quantitative estimate of drug-likeness (QED) is 0.561. The maximum atomic E-state index is 12.8. The summed E-state index contributed by atoms with van der Waals surface area (Å²) >= 11 is 6.06. The number of amides is 1. The van der Waals surface area contributed by atoms with Gasteiger partial charge >= 0.3 is 5.76 Å². The van der Waals surface area contributed by atoms with E-state index in [0.717, 1.165) is 11.4 Å². The Balaban J connectivity index is 1.66. The number of halogens is 1. The molecule has 0 radical (unpaired) electrons. The van der Waals surface area contributed by atoms with Crippen molar-refractivity contribution in [2.75, 3.05) is 5.32 Å². The number of nitrogens with zero attached hydrogens (tertiary/aromatic N) is 2. The Morgan fingerprint density at radius 1 is 1.30 bits per heavy atom. The smallest absolute Gasteiger partial charge is 0.408 e. The molecule has 0 aliphatic heterocycles. The van der Waals surface area contributed by atoms with Gasteiger partial charge in [0.05, 0.1) is 28.7 Å². The summed E-state index contributed by atoms with van der Waals surface area (Å²) in [6.45, 7) is 1.96. The van der Waals surface area contributed by atoms with Gasteiger partial charge in [-0.05, 0) is 42.8 Å². The number of fused-ring (bicyclic) bond motifs is 1. The molecular weight excluding hydrogens is 368 g/mol. The van der Waals surface area contributed by atoms with E-state index in [1.807, 2.05) is 19.1 Å². The van der Waals surface area contributed by atoms with Crippen molar-refractivity contribution in [3.05, 3.63) is 75.5 Å². The zero-order valence-corrected chi connectivity index (χ0v) is 15.1. The zero-order chi connectivity index (χ0) is 19.0. The second-order valence-electron chi connectivity index (χ2n) is 5.93. The number of nitrogens with one attached hydrogen (secondary N) is 2. The topological polar surface area (TPSA) is 92.9 Å². The van der Waals surface area contributed by atoms with Gasteiger partial charge in [-0.25, -0.2) is 9.48 Å². The molecule has 2 N–H and O–H groups in total. The molecule has 0 atom stereocenters. The van der Waals surface area contributed by atoms with Crippen LogP contribution in [0.3, 0.4) is 0 Å². The number of aromatic amines is 1. The third-order valence-electron chi connectivity index (χ3n) is 4.18. The first-order valence-corrected chi connectivity index (χ1v) is 8.70. The summed E-state index contributed by atoms with van der Waals surface area (Å²) < 4.78 is 6.67. The van der Waals surface area contributed by atoms with Crippen LogP contribution in [-0.4, -0.2) is 20.7 Å². The highest BCUT2D eigenvalue weighted by atomic mass is 35.5. The lowest BCUT2D eigenvalue weighted by Crippen LogP contribution is -2.14. The molecule has 8 heteroatoms. The first-order valence-electron chi connectivity index (χ1n) is 8.32. The summed E-state index contributed by atoms with van der Waals surface area (Å²) in [7, 11) is 0. The summed E-state index contributed by atoms with van der Waals surface area (Å²) in [6, 6.07) is 12.2. The Hall–Kier alpha value is -3.32. The number of oxazole rings is 1. The minimum Gasteiger partial charge on any atom is -0.408 e. The molecule has 0 unspecified atom stereocenters. The first-order chi connectivity index (χ1) is 13.0. The summed E-state index contributed by atoms with van der Waals surface area (Å²) in [4.78, 5) is 26.6.